The van der Waals surface area contributed by atoms with Crippen LogP contribution in [-0.2, 0) is 4.79 Å². The number of aliphatic carboxylic acids is 1. The van der Waals surface area contributed by atoms with E-state index in [0.29, 0.717) is 0 Å². The first-order valence-electron chi connectivity index (χ1n) is 6.23. The summed E-state index contributed by atoms with van der Waals surface area (Å²) in [5.74, 6) is -0.480. The lowest BCUT2D eigenvalue weighted by molar-refractivity contribution is -0.138. The molecule has 0 amide bonds. The SMILES string of the molecule is O=C(O)C(Nc1cccc2ccccc12)C1CC1. The normalized spacial score (nSPS) is 16.4. The van der Waals surface area contributed by atoms with Crippen molar-refractivity contribution in [3.05, 3.63) is 42.5 Å². The van der Waals surface area contributed by atoms with Gasteiger partial charge in [0.25, 0.3) is 0 Å². The Morgan fingerprint density at radius 3 is 2.61 bits per heavy atom. The van der Waals surface area contributed by atoms with Crippen molar-refractivity contribution in [1.29, 1.82) is 0 Å². The van der Waals surface area contributed by atoms with E-state index in [1.54, 1.807) is 0 Å². The van der Waals surface area contributed by atoms with E-state index in [1.807, 2.05) is 42.5 Å². The molecular weight excluding hydrogens is 226 g/mol. The number of hydrogen-bond donors (Lipinski definition) is 2. The molecule has 1 aliphatic rings. The summed E-state index contributed by atoms with van der Waals surface area (Å²) in [6.07, 6.45) is 2.02. The third-order valence-corrected chi connectivity index (χ3v) is 3.46. The number of rotatable bonds is 4. The third-order valence-electron chi connectivity index (χ3n) is 3.46. The summed E-state index contributed by atoms with van der Waals surface area (Å²) >= 11 is 0. The molecular formula is C15H15NO2. The molecule has 3 rings (SSSR count). The quantitative estimate of drug-likeness (QED) is 0.864. The number of nitrogens with one attached hydrogen (secondary N) is 1. The van der Waals surface area contributed by atoms with Crippen LogP contribution in [0.15, 0.2) is 42.5 Å². The van der Waals surface area contributed by atoms with E-state index in [-0.39, 0.29) is 5.92 Å². The van der Waals surface area contributed by atoms with Crippen LogP contribution in [0, 0.1) is 5.92 Å². The van der Waals surface area contributed by atoms with Crippen molar-refractivity contribution in [2.45, 2.75) is 18.9 Å². The molecule has 3 heteroatoms. The van der Waals surface area contributed by atoms with E-state index in [2.05, 4.69) is 5.32 Å². The molecule has 0 heterocycles. The van der Waals surface area contributed by atoms with Crippen LogP contribution in [0.5, 0.6) is 0 Å². The lowest BCUT2D eigenvalue weighted by atomic mass is 10.1. The molecule has 1 atom stereocenters. The summed E-state index contributed by atoms with van der Waals surface area (Å²) in [5.41, 5.74) is 0.910. The smallest absolute Gasteiger partial charge is 0.326 e. The Bertz CT molecular complexity index is 585. The molecule has 0 saturated heterocycles. The highest BCUT2D eigenvalue weighted by Gasteiger charge is 2.36. The first-order valence-corrected chi connectivity index (χ1v) is 6.23. The highest BCUT2D eigenvalue weighted by molar-refractivity contribution is 5.95. The topological polar surface area (TPSA) is 49.3 Å². The van der Waals surface area contributed by atoms with Gasteiger partial charge in [0.15, 0.2) is 0 Å². The molecule has 1 unspecified atom stereocenters. The Morgan fingerprint density at radius 1 is 1.17 bits per heavy atom. The number of carboxylic acid groups (broad SMARTS) is 1. The molecule has 92 valence electrons. The number of carboxylic acids is 1. The van der Waals surface area contributed by atoms with Crippen molar-refractivity contribution in [2.75, 3.05) is 5.32 Å². The second-order valence-electron chi connectivity index (χ2n) is 4.82. The van der Waals surface area contributed by atoms with Gasteiger partial charge in [0, 0.05) is 11.1 Å². The van der Waals surface area contributed by atoms with Gasteiger partial charge in [-0.1, -0.05) is 36.4 Å². The Hall–Kier alpha value is -2.03. The highest BCUT2D eigenvalue weighted by atomic mass is 16.4. The molecule has 1 fully saturated rings. The number of fused-ring (bicyclic) bond motifs is 1. The van der Waals surface area contributed by atoms with Gasteiger partial charge in [-0.25, -0.2) is 4.79 Å². The lowest BCUT2D eigenvalue weighted by Crippen LogP contribution is -2.31. The predicted molar refractivity (Wildman–Crippen MR) is 71.7 cm³/mol. The summed E-state index contributed by atoms with van der Waals surface area (Å²) in [7, 11) is 0. The van der Waals surface area contributed by atoms with E-state index >= 15 is 0 Å². The van der Waals surface area contributed by atoms with E-state index in [1.165, 1.54) is 0 Å². The molecule has 0 bridgehead atoms. The molecule has 0 aliphatic heterocycles. The minimum Gasteiger partial charge on any atom is -0.480 e. The molecule has 0 spiro atoms. The zero-order valence-corrected chi connectivity index (χ0v) is 9.97. The number of carbonyl (C=O) groups is 1. The van der Waals surface area contributed by atoms with Gasteiger partial charge in [-0.05, 0) is 30.2 Å². The zero-order valence-electron chi connectivity index (χ0n) is 9.97. The van der Waals surface area contributed by atoms with E-state index in [0.717, 1.165) is 29.3 Å². The van der Waals surface area contributed by atoms with Gasteiger partial charge >= 0.3 is 5.97 Å². The Morgan fingerprint density at radius 2 is 1.89 bits per heavy atom. The van der Waals surface area contributed by atoms with Crippen LogP contribution < -0.4 is 5.32 Å². The largest absolute Gasteiger partial charge is 0.480 e. The van der Waals surface area contributed by atoms with E-state index in [4.69, 9.17) is 0 Å². The number of benzene rings is 2. The van der Waals surface area contributed by atoms with E-state index < -0.39 is 12.0 Å². The second kappa shape index (κ2) is 4.33. The maximum absolute atomic E-state index is 11.3. The van der Waals surface area contributed by atoms with Crippen LogP contribution in [-0.4, -0.2) is 17.1 Å². The van der Waals surface area contributed by atoms with Crippen LogP contribution in [0.1, 0.15) is 12.8 Å². The Kier molecular flexibility index (Phi) is 2.67. The lowest BCUT2D eigenvalue weighted by Gasteiger charge is -2.16. The fourth-order valence-corrected chi connectivity index (χ4v) is 2.33. The zero-order chi connectivity index (χ0) is 12.5. The molecule has 2 N–H and O–H groups in total. The van der Waals surface area contributed by atoms with Gasteiger partial charge in [-0.15, -0.1) is 0 Å². The second-order valence-corrected chi connectivity index (χ2v) is 4.82. The fourth-order valence-electron chi connectivity index (χ4n) is 2.33. The minimum atomic E-state index is -0.759. The van der Waals surface area contributed by atoms with Crippen LogP contribution in [0.25, 0.3) is 10.8 Å². The summed E-state index contributed by atoms with van der Waals surface area (Å²) < 4.78 is 0. The summed E-state index contributed by atoms with van der Waals surface area (Å²) in [4.78, 5) is 11.3. The first-order chi connectivity index (χ1) is 8.75. The molecule has 1 aliphatic carbocycles. The van der Waals surface area contributed by atoms with Crippen LogP contribution in [0.2, 0.25) is 0 Å². The molecule has 2 aromatic carbocycles. The molecule has 0 radical (unpaired) electrons. The van der Waals surface area contributed by atoms with Crippen molar-refractivity contribution in [3.63, 3.8) is 0 Å². The Labute approximate surface area is 105 Å². The monoisotopic (exact) mass is 241 g/mol. The molecule has 1 saturated carbocycles. The number of hydrogen-bond acceptors (Lipinski definition) is 2. The summed E-state index contributed by atoms with van der Waals surface area (Å²) in [5, 5.41) is 14.6. The fraction of sp³-hybridized carbons (Fsp3) is 0.267. The molecule has 2 aromatic rings. The molecule has 18 heavy (non-hydrogen) atoms. The van der Waals surface area contributed by atoms with Crippen molar-refractivity contribution >= 4 is 22.4 Å². The average Bonchev–Trinajstić information content (AvgIpc) is 3.20. The summed E-state index contributed by atoms with van der Waals surface area (Å²) in [6, 6.07) is 13.5. The Balaban J connectivity index is 1.96. The van der Waals surface area contributed by atoms with Gasteiger partial charge in [-0.3, -0.25) is 0 Å². The van der Waals surface area contributed by atoms with Gasteiger partial charge in [0.05, 0.1) is 0 Å². The van der Waals surface area contributed by atoms with Gasteiger partial charge < -0.3 is 10.4 Å². The molecule has 3 nitrogen and oxygen atoms in total. The van der Waals surface area contributed by atoms with Gasteiger partial charge in [0.1, 0.15) is 6.04 Å². The van der Waals surface area contributed by atoms with Crippen LogP contribution in [0.4, 0.5) is 5.69 Å². The van der Waals surface area contributed by atoms with Crippen molar-refractivity contribution < 1.29 is 9.90 Å². The third kappa shape index (κ3) is 2.04. The highest BCUT2D eigenvalue weighted by Crippen LogP contribution is 2.35. The van der Waals surface area contributed by atoms with Crippen molar-refractivity contribution in [3.8, 4) is 0 Å². The van der Waals surface area contributed by atoms with Crippen LogP contribution in [0.3, 0.4) is 0 Å². The van der Waals surface area contributed by atoms with E-state index in [9.17, 15) is 9.90 Å². The average molecular weight is 241 g/mol. The predicted octanol–water partition coefficient (Wildman–Crippen LogP) is 3.11. The maximum Gasteiger partial charge on any atom is 0.326 e. The standard InChI is InChI=1S/C15H15NO2/c17-15(18)14(11-8-9-11)16-13-7-3-5-10-4-1-2-6-12(10)13/h1-7,11,14,16H,8-9H2,(H,17,18). The van der Waals surface area contributed by atoms with Gasteiger partial charge in [-0.2, -0.15) is 0 Å². The first kappa shape index (κ1) is 11.1. The van der Waals surface area contributed by atoms with Gasteiger partial charge in [0.2, 0.25) is 0 Å². The maximum atomic E-state index is 11.3. The molecule has 0 aromatic heterocycles. The van der Waals surface area contributed by atoms with Crippen LogP contribution >= 0.6 is 0 Å². The summed E-state index contributed by atoms with van der Waals surface area (Å²) in [6.45, 7) is 0. The van der Waals surface area contributed by atoms with Crippen molar-refractivity contribution in [1.82, 2.24) is 0 Å². The van der Waals surface area contributed by atoms with Crippen molar-refractivity contribution in [2.24, 2.45) is 5.92 Å². The number of anilines is 1. The minimum absolute atomic E-state index is 0.279.